The number of phenols is 2. The summed E-state index contributed by atoms with van der Waals surface area (Å²) in [5.41, 5.74) is 1.70. The van der Waals surface area contributed by atoms with E-state index in [4.69, 9.17) is 9.47 Å². The van der Waals surface area contributed by atoms with E-state index in [0.29, 0.717) is 31.3 Å². The lowest BCUT2D eigenvalue weighted by Gasteiger charge is -2.25. The zero-order chi connectivity index (χ0) is 20.9. The van der Waals surface area contributed by atoms with E-state index in [1.807, 2.05) is 26.8 Å². The Labute approximate surface area is 165 Å². The number of hydrogen-bond donors (Lipinski definition) is 2. The number of aromatic hydroxyl groups is 2. The number of hydrogen-bond acceptors (Lipinski definition) is 6. The molecule has 6 heteroatoms. The maximum Gasteiger partial charge on any atom is 0.336 e. The average Bonchev–Trinajstić information content (AvgIpc) is 2.98. The van der Waals surface area contributed by atoms with E-state index in [2.05, 4.69) is 0 Å². The number of cyclic esters (lactones) is 1. The average molecular weight is 388 g/mol. The minimum absolute atomic E-state index is 0.0437. The summed E-state index contributed by atoms with van der Waals surface area (Å²) >= 11 is 0. The third-order valence-corrected chi connectivity index (χ3v) is 4.85. The molecule has 1 heterocycles. The molecule has 28 heavy (non-hydrogen) atoms. The first-order chi connectivity index (χ1) is 13.2. The first kappa shape index (κ1) is 21.7. The summed E-state index contributed by atoms with van der Waals surface area (Å²) in [6.07, 6.45) is 5.84. The molecule has 1 aromatic carbocycles. The fraction of sp³-hybridized carbons (Fsp3) is 0.455. The van der Waals surface area contributed by atoms with Gasteiger partial charge in [-0.25, -0.2) is 4.79 Å². The van der Waals surface area contributed by atoms with Gasteiger partial charge in [-0.3, -0.25) is 4.79 Å². The van der Waals surface area contributed by atoms with Crippen molar-refractivity contribution in [2.24, 2.45) is 5.92 Å². The number of benzene rings is 1. The lowest BCUT2D eigenvalue weighted by molar-refractivity contribution is -0.193. The molecule has 0 radical (unpaired) electrons. The third kappa shape index (κ3) is 5.01. The Morgan fingerprint density at radius 1 is 1.29 bits per heavy atom. The van der Waals surface area contributed by atoms with Crippen LogP contribution in [0.3, 0.4) is 0 Å². The summed E-state index contributed by atoms with van der Waals surface area (Å²) in [6, 6.07) is 3.96. The maximum absolute atomic E-state index is 12.3. The van der Waals surface area contributed by atoms with Crippen LogP contribution < -0.4 is 0 Å². The number of methoxy groups -OCH3 is 1. The van der Waals surface area contributed by atoms with Crippen molar-refractivity contribution in [2.75, 3.05) is 7.11 Å². The predicted molar refractivity (Wildman–Crippen MR) is 105 cm³/mol. The smallest absolute Gasteiger partial charge is 0.336 e. The Balaban J connectivity index is 2.07. The van der Waals surface area contributed by atoms with E-state index in [1.54, 1.807) is 0 Å². The summed E-state index contributed by atoms with van der Waals surface area (Å²) < 4.78 is 10.8. The Hall–Kier alpha value is -2.60. The zero-order valence-electron chi connectivity index (χ0n) is 16.8. The van der Waals surface area contributed by atoms with Gasteiger partial charge in [0.2, 0.25) is 0 Å². The van der Waals surface area contributed by atoms with E-state index in [0.717, 1.165) is 5.57 Å². The number of rotatable bonds is 9. The molecule has 1 aliphatic heterocycles. The Bertz CT molecular complexity index is 805. The molecule has 0 spiro atoms. The Kier molecular flexibility index (Phi) is 7.02. The molecule has 1 aromatic rings. The van der Waals surface area contributed by atoms with Crippen molar-refractivity contribution in [1.29, 1.82) is 0 Å². The molecule has 0 amide bonds. The topological polar surface area (TPSA) is 93.1 Å². The molecule has 0 bridgehead atoms. The number of Topliss-reactive ketones (excluding diaryl/α,β-unsaturated/α-hetero) is 1. The second kappa shape index (κ2) is 9.06. The zero-order valence-corrected chi connectivity index (χ0v) is 16.8. The number of ether oxygens (including phenoxy) is 2. The van der Waals surface area contributed by atoms with Crippen LogP contribution in [0, 0.1) is 5.92 Å². The molecular formula is C22H28O6. The first-order valence-electron chi connectivity index (χ1n) is 9.39. The second-order valence-corrected chi connectivity index (χ2v) is 7.34. The van der Waals surface area contributed by atoms with Crippen molar-refractivity contribution in [2.45, 2.75) is 52.2 Å². The van der Waals surface area contributed by atoms with Crippen LogP contribution in [-0.2, 0) is 24.8 Å². The van der Waals surface area contributed by atoms with Gasteiger partial charge in [-0.15, -0.1) is 0 Å². The normalized spacial score (nSPS) is 19.7. The number of allylic oxidation sites excluding steroid dienone is 2. The van der Waals surface area contributed by atoms with Crippen LogP contribution in [0.15, 0.2) is 41.5 Å². The largest absolute Gasteiger partial charge is 0.508 e. The van der Waals surface area contributed by atoms with Crippen molar-refractivity contribution in [3.8, 4) is 11.5 Å². The van der Waals surface area contributed by atoms with Crippen molar-refractivity contribution in [3.63, 3.8) is 0 Å². The van der Waals surface area contributed by atoms with Gasteiger partial charge in [0.25, 0.3) is 5.79 Å². The van der Waals surface area contributed by atoms with Gasteiger partial charge in [-0.2, -0.15) is 0 Å². The molecular weight excluding hydrogens is 360 g/mol. The molecule has 0 saturated heterocycles. The molecule has 0 aliphatic carbocycles. The first-order valence-corrected chi connectivity index (χ1v) is 9.39. The van der Waals surface area contributed by atoms with Crippen molar-refractivity contribution < 1.29 is 29.3 Å². The van der Waals surface area contributed by atoms with Crippen LogP contribution in [-0.4, -0.2) is 29.1 Å². The summed E-state index contributed by atoms with van der Waals surface area (Å²) in [7, 11) is 1.37. The van der Waals surface area contributed by atoms with Gasteiger partial charge in [0.1, 0.15) is 17.3 Å². The Morgan fingerprint density at radius 3 is 2.64 bits per heavy atom. The van der Waals surface area contributed by atoms with Crippen LogP contribution >= 0.6 is 0 Å². The summed E-state index contributed by atoms with van der Waals surface area (Å²) in [5, 5.41) is 19.8. The van der Waals surface area contributed by atoms with Crippen molar-refractivity contribution >= 4 is 11.8 Å². The number of esters is 1. The highest BCUT2D eigenvalue weighted by molar-refractivity contribution is 5.91. The van der Waals surface area contributed by atoms with Crippen LogP contribution in [0.4, 0.5) is 0 Å². The van der Waals surface area contributed by atoms with Crippen molar-refractivity contribution in [1.82, 2.24) is 0 Å². The van der Waals surface area contributed by atoms with E-state index in [9.17, 15) is 19.8 Å². The molecule has 2 rings (SSSR count). The fourth-order valence-corrected chi connectivity index (χ4v) is 3.03. The van der Waals surface area contributed by atoms with Gasteiger partial charge in [0.05, 0.1) is 5.56 Å². The Morgan fingerprint density at radius 2 is 2.00 bits per heavy atom. The monoisotopic (exact) mass is 388 g/mol. The standard InChI is InChI=1S/C22H28O6/c1-14(2)19(24)10-8-15(3)6-5-7-16-13-22(27-4,28-21(16)26)18-12-17(23)9-11-20(18)25/h6,9,11-14,23,25H,5,7-8,10H2,1-4H3/b15-6+. The van der Waals surface area contributed by atoms with Gasteiger partial charge in [-0.1, -0.05) is 25.5 Å². The quantitative estimate of drug-likeness (QED) is 0.376. The minimum atomic E-state index is -1.56. The second-order valence-electron chi connectivity index (χ2n) is 7.34. The maximum atomic E-state index is 12.3. The minimum Gasteiger partial charge on any atom is -0.508 e. The van der Waals surface area contributed by atoms with E-state index < -0.39 is 11.8 Å². The number of phenolic OH excluding ortho intramolecular Hbond substituents is 2. The van der Waals surface area contributed by atoms with E-state index in [1.165, 1.54) is 31.4 Å². The highest BCUT2D eigenvalue weighted by Gasteiger charge is 2.43. The summed E-state index contributed by atoms with van der Waals surface area (Å²) in [5.74, 6) is -2.01. The van der Waals surface area contributed by atoms with Gasteiger partial charge in [-0.05, 0) is 44.4 Å². The summed E-state index contributed by atoms with van der Waals surface area (Å²) in [4.78, 5) is 24.0. The molecule has 0 aromatic heterocycles. The van der Waals surface area contributed by atoms with Crippen LogP contribution in [0.2, 0.25) is 0 Å². The molecule has 1 unspecified atom stereocenters. The van der Waals surface area contributed by atoms with Gasteiger partial charge < -0.3 is 19.7 Å². The molecule has 0 fully saturated rings. The molecule has 2 N–H and O–H groups in total. The van der Waals surface area contributed by atoms with Gasteiger partial charge >= 0.3 is 5.97 Å². The number of carbonyl (C=O) groups excluding carboxylic acids is 2. The van der Waals surface area contributed by atoms with Crippen LogP contribution in [0.5, 0.6) is 11.5 Å². The molecule has 1 atom stereocenters. The SMILES string of the molecule is COC1(c2cc(O)ccc2O)C=C(CC/C=C(\C)CCC(=O)C(C)C)C(=O)O1. The lowest BCUT2D eigenvalue weighted by Crippen LogP contribution is -2.27. The third-order valence-electron chi connectivity index (χ3n) is 4.85. The lowest BCUT2D eigenvalue weighted by atomic mass is 9.99. The van der Waals surface area contributed by atoms with Gasteiger partial charge in [0.15, 0.2) is 0 Å². The predicted octanol–water partition coefficient (Wildman–Crippen LogP) is 4.11. The molecule has 0 saturated carbocycles. The van der Waals surface area contributed by atoms with Gasteiger partial charge in [0, 0.05) is 31.1 Å². The number of carbonyl (C=O) groups is 2. The van der Waals surface area contributed by atoms with Crippen molar-refractivity contribution in [3.05, 3.63) is 47.1 Å². The molecule has 1 aliphatic rings. The fourth-order valence-electron chi connectivity index (χ4n) is 3.03. The number of ketones is 1. The van der Waals surface area contributed by atoms with E-state index in [-0.39, 0.29) is 28.8 Å². The molecule has 152 valence electrons. The highest BCUT2D eigenvalue weighted by atomic mass is 16.7. The van der Waals surface area contributed by atoms with E-state index >= 15 is 0 Å². The van der Waals surface area contributed by atoms with Crippen LogP contribution in [0.1, 0.15) is 52.0 Å². The summed E-state index contributed by atoms with van der Waals surface area (Å²) in [6.45, 7) is 5.76. The molecule has 6 nitrogen and oxygen atoms in total. The highest BCUT2D eigenvalue weighted by Crippen LogP contribution is 2.42. The van der Waals surface area contributed by atoms with Crippen LogP contribution in [0.25, 0.3) is 0 Å².